The summed E-state index contributed by atoms with van der Waals surface area (Å²) < 4.78 is 18.3. The van der Waals surface area contributed by atoms with Gasteiger partial charge >= 0.3 is 0 Å². The molecule has 0 atom stereocenters. The highest BCUT2D eigenvalue weighted by Gasteiger charge is 2.30. The Labute approximate surface area is 118 Å². The lowest BCUT2D eigenvalue weighted by atomic mass is 9.80. The van der Waals surface area contributed by atoms with Gasteiger partial charge in [-0.15, -0.1) is 23.2 Å². The van der Waals surface area contributed by atoms with Gasteiger partial charge in [-0.05, 0) is 37.5 Å². The van der Waals surface area contributed by atoms with Crippen molar-refractivity contribution in [3.63, 3.8) is 0 Å². The number of hydrogen-bond donors (Lipinski definition) is 0. The van der Waals surface area contributed by atoms with E-state index in [0.29, 0.717) is 25.0 Å². The van der Waals surface area contributed by atoms with Gasteiger partial charge in [0.25, 0.3) is 0 Å². The summed E-state index contributed by atoms with van der Waals surface area (Å²) in [7, 11) is 0. The molecule has 0 aliphatic rings. The van der Waals surface area contributed by atoms with Crippen molar-refractivity contribution in [2.24, 2.45) is 0 Å². The van der Waals surface area contributed by atoms with E-state index in [1.165, 1.54) is 12.1 Å². The summed E-state index contributed by atoms with van der Waals surface area (Å²) in [5.41, 5.74) is 0.693. The van der Waals surface area contributed by atoms with Crippen molar-refractivity contribution >= 4 is 23.2 Å². The highest BCUT2D eigenvalue weighted by molar-refractivity contribution is 6.22. The van der Waals surface area contributed by atoms with E-state index < -0.39 is 0 Å². The van der Waals surface area contributed by atoms with Crippen molar-refractivity contribution < 1.29 is 9.13 Å². The van der Waals surface area contributed by atoms with E-state index in [9.17, 15) is 4.39 Å². The Morgan fingerprint density at radius 2 is 1.78 bits per heavy atom. The number of halogens is 3. The summed E-state index contributed by atoms with van der Waals surface area (Å²) >= 11 is 12.2. The van der Waals surface area contributed by atoms with Crippen LogP contribution in [0.2, 0.25) is 0 Å². The summed E-state index contributed by atoms with van der Waals surface area (Å²) in [6, 6.07) is 6.43. The van der Waals surface area contributed by atoms with Crippen LogP contribution in [-0.2, 0) is 10.2 Å². The van der Waals surface area contributed by atoms with Crippen LogP contribution in [0.4, 0.5) is 4.39 Å². The fourth-order valence-electron chi connectivity index (χ4n) is 1.93. The van der Waals surface area contributed by atoms with Gasteiger partial charge in [0.05, 0.1) is 0 Å². The maximum atomic E-state index is 12.9. The predicted molar refractivity (Wildman–Crippen MR) is 75.2 cm³/mol. The van der Waals surface area contributed by atoms with Crippen molar-refractivity contribution in [3.05, 3.63) is 35.6 Å². The van der Waals surface area contributed by atoms with Crippen LogP contribution in [0.1, 0.15) is 25.3 Å². The Bertz CT molecular complexity index is 336. The van der Waals surface area contributed by atoms with Crippen LogP contribution in [0.15, 0.2) is 24.3 Å². The Balaban J connectivity index is 2.75. The molecule has 0 saturated heterocycles. The zero-order valence-electron chi connectivity index (χ0n) is 10.6. The second-order valence-electron chi connectivity index (χ2n) is 4.35. The van der Waals surface area contributed by atoms with Gasteiger partial charge < -0.3 is 4.74 Å². The topological polar surface area (TPSA) is 9.23 Å². The zero-order chi connectivity index (χ0) is 13.4. The van der Waals surface area contributed by atoms with E-state index >= 15 is 0 Å². The molecule has 1 aromatic rings. The van der Waals surface area contributed by atoms with E-state index in [0.717, 1.165) is 18.4 Å². The average Bonchev–Trinajstić information content (AvgIpc) is 2.41. The minimum atomic E-state index is -0.298. The van der Waals surface area contributed by atoms with Crippen molar-refractivity contribution in [1.82, 2.24) is 0 Å². The van der Waals surface area contributed by atoms with Gasteiger partial charge in [-0.3, -0.25) is 0 Å². The summed E-state index contributed by atoms with van der Waals surface area (Å²) in [6.07, 6.45) is 1.73. The molecule has 1 rings (SSSR count). The first kappa shape index (κ1) is 15.7. The van der Waals surface area contributed by atoms with E-state index in [1.807, 2.05) is 6.92 Å². The Morgan fingerprint density at radius 3 is 2.28 bits per heavy atom. The fraction of sp³-hybridized carbons (Fsp3) is 0.571. The van der Waals surface area contributed by atoms with Gasteiger partial charge in [-0.2, -0.15) is 0 Å². The molecular weight excluding hydrogens is 274 g/mol. The molecule has 0 radical (unpaired) electrons. The van der Waals surface area contributed by atoms with E-state index in [2.05, 4.69) is 0 Å². The first-order valence-corrected chi connectivity index (χ1v) is 7.21. The second kappa shape index (κ2) is 7.98. The minimum Gasteiger partial charge on any atom is -0.382 e. The van der Waals surface area contributed by atoms with Crippen molar-refractivity contribution in [2.75, 3.05) is 25.0 Å². The smallest absolute Gasteiger partial charge is 0.123 e. The molecule has 0 heterocycles. The summed E-state index contributed by atoms with van der Waals surface area (Å²) in [6.45, 7) is 3.38. The number of benzene rings is 1. The van der Waals surface area contributed by atoms with Crippen LogP contribution >= 0.6 is 23.2 Å². The second-order valence-corrected chi connectivity index (χ2v) is 4.89. The Hall–Kier alpha value is -0.310. The average molecular weight is 293 g/mol. The Kier molecular flexibility index (Phi) is 6.98. The number of rotatable bonds is 8. The molecule has 0 N–H and O–H groups in total. The molecular formula is C14H19Cl2FO. The number of hydrogen-bond acceptors (Lipinski definition) is 1. The summed E-state index contributed by atoms with van der Waals surface area (Å²) in [5, 5.41) is 0. The Morgan fingerprint density at radius 1 is 1.17 bits per heavy atom. The number of ether oxygens (including phenoxy) is 1. The van der Waals surface area contributed by atoms with Gasteiger partial charge in [0.1, 0.15) is 5.82 Å². The molecule has 0 bridgehead atoms. The maximum Gasteiger partial charge on any atom is 0.123 e. The van der Waals surface area contributed by atoms with Crippen molar-refractivity contribution in [3.8, 4) is 0 Å². The lowest BCUT2D eigenvalue weighted by molar-refractivity contribution is 0.139. The first-order chi connectivity index (χ1) is 8.68. The molecule has 0 aromatic heterocycles. The molecule has 0 aliphatic carbocycles. The van der Waals surface area contributed by atoms with E-state index in [4.69, 9.17) is 27.9 Å². The highest BCUT2D eigenvalue weighted by atomic mass is 35.5. The first-order valence-electron chi connectivity index (χ1n) is 6.14. The quantitative estimate of drug-likeness (QED) is 0.511. The molecule has 0 spiro atoms. The van der Waals surface area contributed by atoms with E-state index in [-0.39, 0.29) is 11.2 Å². The minimum absolute atomic E-state index is 0.244. The van der Waals surface area contributed by atoms with Crippen LogP contribution in [0, 0.1) is 5.82 Å². The van der Waals surface area contributed by atoms with Gasteiger partial charge in [0.15, 0.2) is 0 Å². The van der Waals surface area contributed by atoms with Crippen LogP contribution < -0.4 is 0 Å². The zero-order valence-corrected chi connectivity index (χ0v) is 12.1. The largest absolute Gasteiger partial charge is 0.382 e. The predicted octanol–water partition coefficient (Wildman–Crippen LogP) is 4.36. The van der Waals surface area contributed by atoms with Crippen LogP contribution in [0.25, 0.3) is 0 Å². The van der Waals surface area contributed by atoms with Crippen molar-refractivity contribution in [2.45, 2.75) is 25.2 Å². The maximum absolute atomic E-state index is 12.9. The van der Waals surface area contributed by atoms with Crippen LogP contribution in [-0.4, -0.2) is 25.0 Å². The third-order valence-corrected chi connectivity index (χ3v) is 4.14. The molecule has 102 valence electrons. The standard InChI is InChI=1S/C14H19Cl2FO/c1-2-18-9-3-8-14(10-15,11-16)12-4-6-13(17)7-5-12/h4-7H,2-3,8-11H2,1H3. The fourth-order valence-corrected chi connectivity index (χ4v) is 2.79. The third kappa shape index (κ3) is 4.11. The van der Waals surface area contributed by atoms with Crippen molar-refractivity contribution in [1.29, 1.82) is 0 Å². The SMILES string of the molecule is CCOCCCC(CCl)(CCl)c1ccc(F)cc1. The third-order valence-electron chi connectivity index (χ3n) is 3.12. The molecule has 4 heteroatoms. The highest BCUT2D eigenvalue weighted by Crippen LogP contribution is 2.32. The van der Waals surface area contributed by atoms with Crippen LogP contribution in [0.3, 0.4) is 0 Å². The van der Waals surface area contributed by atoms with Gasteiger partial charge in [-0.25, -0.2) is 4.39 Å². The van der Waals surface area contributed by atoms with Gasteiger partial charge in [0.2, 0.25) is 0 Å². The normalized spacial score (nSPS) is 11.8. The molecule has 18 heavy (non-hydrogen) atoms. The molecule has 0 amide bonds. The van der Waals surface area contributed by atoms with Crippen LogP contribution in [0.5, 0.6) is 0 Å². The molecule has 0 unspecified atom stereocenters. The molecule has 1 nitrogen and oxygen atoms in total. The molecule has 0 fully saturated rings. The number of alkyl halides is 2. The molecule has 1 aromatic carbocycles. The summed E-state index contributed by atoms with van der Waals surface area (Å²) in [5.74, 6) is 0.605. The lowest BCUT2D eigenvalue weighted by Gasteiger charge is -2.30. The van der Waals surface area contributed by atoms with E-state index in [1.54, 1.807) is 12.1 Å². The van der Waals surface area contributed by atoms with Gasteiger partial charge in [-0.1, -0.05) is 12.1 Å². The van der Waals surface area contributed by atoms with Gasteiger partial charge in [0, 0.05) is 30.4 Å². The summed E-state index contributed by atoms with van der Waals surface area (Å²) in [4.78, 5) is 0. The monoisotopic (exact) mass is 292 g/mol. The molecule has 0 aliphatic heterocycles. The lowest BCUT2D eigenvalue weighted by Crippen LogP contribution is -2.31. The molecule has 0 saturated carbocycles.